The van der Waals surface area contributed by atoms with Crippen LogP contribution in [0, 0.1) is 16.0 Å². The van der Waals surface area contributed by atoms with Crippen LogP contribution in [0.2, 0.25) is 0 Å². The van der Waals surface area contributed by atoms with E-state index in [1.165, 1.54) is 0 Å². The van der Waals surface area contributed by atoms with E-state index in [0.717, 1.165) is 11.1 Å². The van der Waals surface area contributed by atoms with Crippen molar-refractivity contribution in [2.45, 2.75) is 57.1 Å². The summed E-state index contributed by atoms with van der Waals surface area (Å²) in [6, 6.07) is -1.06. The average molecular weight is 305 g/mol. The van der Waals surface area contributed by atoms with Gasteiger partial charge in [-0.2, -0.15) is 0 Å². The molecule has 0 aromatic rings. The van der Waals surface area contributed by atoms with Crippen molar-refractivity contribution in [2.24, 2.45) is 5.92 Å². The Morgan fingerprint density at radius 1 is 1.14 bits per heavy atom. The molecular formula is C13H23NO7. The van der Waals surface area contributed by atoms with E-state index in [2.05, 4.69) is 0 Å². The molecule has 8 nitrogen and oxygen atoms in total. The molecule has 21 heavy (non-hydrogen) atoms. The third kappa shape index (κ3) is 3.98. The first kappa shape index (κ1) is 18.0. The van der Waals surface area contributed by atoms with Crippen LogP contribution in [0.1, 0.15) is 26.7 Å². The molecule has 0 spiro atoms. The van der Waals surface area contributed by atoms with Crippen LogP contribution in [0.25, 0.3) is 0 Å². The van der Waals surface area contributed by atoms with Crippen LogP contribution in [0.3, 0.4) is 0 Å². The summed E-state index contributed by atoms with van der Waals surface area (Å²) in [6.07, 6.45) is -6.33. The highest BCUT2D eigenvalue weighted by atomic mass is 16.6. The van der Waals surface area contributed by atoms with Crippen LogP contribution >= 0.6 is 0 Å². The van der Waals surface area contributed by atoms with Gasteiger partial charge < -0.3 is 25.5 Å². The van der Waals surface area contributed by atoms with Crippen molar-refractivity contribution >= 4 is 0 Å². The third-order valence-electron chi connectivity index (χ3n) is 4.27. The van der Waals surface area contributed by atoms with Gasteiger partial charge in [-0.3, -0.25) is 10.1 Å². The van der Waals surface area contributed by atoms with Gasteiger partial charge in [0.25, 0.3) is 0 Å². The lowest BCUT2D eigenvalue weighted by atomic mass is 9.76. The molecule has 0 fully saturated rings. The first-order valence-corrected chi connectivity index (χ1v) is 6.82. The Morgan fingerprint density at radius 3 is 2.14 bits per heavy atom. The van der Waals surface area contributed by atoms with Gasteiger partial charge in [0.1, 0.15) is 18.3 Å². The summed E-state index contributed by atoms with van der Waals surface area (Å²) in [5, 5.41) is 58.8. The van der Waals surface area contributed by atoms with E-state index in [1.54, 1.807) is 13.8 Å². The Morgan fingerprint density at radius 2 is 1.67 bits per heavy atom. The van der Waals surface area contributed by atoms with Gasteiger partial charge in [0, 0.05) is 11.3 Å². The van der Waals surface area contributed by atoms with Crippen LogP contribution in [0.4, 0.5) is 0 Å². The molecule has 1 aliphatic rings. The highest BCUT2D eigenvalue weighted by molar-refractivity contribution is 5.17. The lowest BCUT2D eigenvalue weighted by Gasteiger charge is -2.35. The summed E-state index contributed by atoms with van der Waals surface area (Å²) in [5.41, 5.74) is 1.78. The summed E-state index contributed by atoms with van der Waals surface area (Å²) in [6.45, 7) is 2.80. The Hall–Kier alpha value is -1.06. The maximum Gasteiger partial charge on any atom is 0.222 e. The van der Waals surface area contributed by atoms with Crippen molar-refractivity contribution in [1.29, 1.82) is 0 Å². The molecule has 5 N–H and O–H groups in total. The smallest absolute Gasteiger partial charge is 0.222 e. The standard InChI is InChI=1S/C13H23NO7/c1-6-3-8(9(14(20)21)4-7(6)2)11(17)13(19)12(18)10(16)5-15/h8-13,15-19H,3-5H2,1-2H3/t8?,9?,10-,11-,12-,13-/m1/s1. The molecule has 2 unspecified atom stereocenters. The van der Waals surface area contributed by atoms with Crippen molar-refractivity contribution in [2.75, 3.05) is 6.61 Å². The van der Waals surface area contributed by atoms with Crippen LogP contribution in [-0.4, -0.2) is 67.5 Å². The quantitative estimate of drug-likeness (QED) is 0.236. The van der Waals surface area contributed by atoms with Gasteiger partial charge in [0.15, 0.2) is 0 Å². The maximum atomic E-state index is 11.1. The third-order valence-corrected chi connectivity index (χ3v) is 4.27. The predicted octanol–water partition coefficient (Wildman–Crippen LogP) is -1.19. The monoisotopic (exact) mass is 305 g/mol. The fraction of sp³-hybridized carbons (Fsp3) is 0.846. The highest BCUT2D eigenvalue weighted by Gasteiger charge is 2.44. The van der Waals surface area contributed by atoms with Crippen molar-refractivity contribution in [3.05, 3.63) is 21.3 Å². The number of aliphatic hydroxyl groups is 5. The summed E-state index contributed by atoms with van der Waals surface area (Å²) in [5.74, 6) is -0.862. The molecule has 0 bridgehead atoms. The molecule has 1 rings (SSSR count). The lowest BCUT2D eigenvalue weighted by Crippen LogP contribution is -2.52. The largest absolute Gasteiger partial charge is 0.394 e. The lowest BCUT2D eigenvalue weighted by molar-refractivity contribution is -0.535. The molecule has 0 radical (unpaired) electrons. The van der Waals surface area contributed by atoms with Crippen molar-refractivity contribution in [3.8, 4) is 0 Å². The molecule has 0 saturated heterocycles. The molecule has 0 amide bonds. The molecular weight excluding hydrogens is 282 g/mol. The Bertz CT molecular complexity index is 411. The fourth-order valence-electron chi connectivity index (χ4n) is 2.67. The van der Waals surface area contributed by atoms with E-state index >= 15 is 0 Å². The minimum atomic E-state index is -1.77. The van der Waals surface area contributed by atoms with Gasteiger partial charge in [-0.05, 0) is 20.3 Å². The Kier molecular flexibility index (Phi) is 6.24. The second kappa shape index (κ2) is 7.28. The minimum absolute atomic E-state index is 0.173. The first-order chi connectivity index (χ1) is 9.70. The number of hydrogen-bond acceptors (Lipinski definition) is 7. The topological polar surface area (TPSA) is 144 Å². The molecule has 122 valence electrons. The van der Waals surface area contributed by atoms with Gasteiger partial charge in [-0.25, -0.2) is 0 Å². The highest BCUT2D eigenvalue weighted by Crippen LogP contribution is 2.34. The maximum absolute atomic E-state index is 11.1. The minimum Gasteiger partial charge on any atom is -0.394 e. The SMILES string of the molecule is CC1=C(C)CC([N+](=O)[O-])C([C@@H](O)[C@@H](O)[C@H](O)[C@H](O)CO)C1. The molecule has 8 heteroatoms. The Balaban J connectivity index is 2.92. The van der Waals surface area contributed by atoms with E-state index < -0.39 is 47.9 Å². The molecule has 0 aromatic heterocycles. The molecule has 1 aliphatic carbocycles. The van der Waals surface area contributed by atoms with Crippen LogP contribution in [0.5, 0.6) is 0 Å². The summed E-state index contributed by atoms with van der Waals surface area (Å²) in [7, 11) is 0. The summed E-state index contributed by atoms with van der Waals surface area (Å²) in [4.78, 5) is 10.6. The zero-order valence-electron chi connectivity index (χ0n) is 12.1. The number of hydrogen-bond donors (Lipinski definition) is 5. The average Bonchev–Trinajstić information content (AvgIpc) is 2.46. The van der Waals surface area contributed by atoms with Crippen LogP contribution in [0.15, 0.2) is 11.1 Å². The second-order valence-electron chi connectivity index (χ2n) is 5.71. The number of rotatable bonds is 6. The van der Waals surface area contributed by atoms with E-state index in [1.807, 2.05) is 0 Å². The number of allylic oxidation sites excluding steroid dienone is 1. The van der Waals surface area contributed by atoms with E-state index in [0.29, 0.717) is 0 Å². The zero-order valence-corrected chi connectivity index (χ0v) is 12.1. The number of nitrogens with zero attached hydrogens (tertiary/aromatic N) is 1. The van der Waals surface area contributed by atoms with Crippen LogP contribution in [-0.2, 0) is 0 Å². The zero-order chi connectivity index (χ0) is 16.3. The van der Waals surface area contributed by atoms with Gasteiger partial charge in [0.2, 0.25) is 6.04 Å². The Labute approximate surface area is 122 Å². The normalized spacial score (nSPS) is 28.9. The molecule has 0 heterocycles. The van der Waals surface area contributed by atoms with E-state index in [9.17, 15) is 30.5 Å². The fourth-order valence-corrected chi connectivity index (χ4v) is 2.67. The van der Waals surface area contributed by atoms with Crippen molar-refractivity contribution in [3.63, 3.8) is 0 Å². The summed E-state index contributed by atoms with van der Waals surface area (Å²) >= 11 is 0. The van der Waals surface area contributed by atoms with Crippen LogP contribution < -0.4 is 0 Å². The number of nitro groups is 1. The van der Waals surface area contributed by atoms with E-state index in [-0.39, 0.29) is 12.8 Å². The van der Waals surface area contributed by atoms with Gasteiger partial charge in [-0.1, -0.05) is 11.1 Å². The van der Waals surface area contributed by atoms with Gasteiger partial charge in [-0.15, -0.1) is 0 Å². The van der Waals surface area contributed by atoms with Gasteiger partial charge in [0.05, 0.1) is 18.6 Å². The van der Waals surface area contributed by atoms with Gasteiger partial charge >= 0.3 is 0 Å². The second-order valence-corrected chi connectivity index (χ2v) is 5.71. The first-order valence-electron chi connectivity index (χ1n) is 6.82. The van der Waals surface area contributed by atoms with E-state index in [4.69, 9.17) is 5.11 Å². The number of aliphatic hydroxyl groups excluding tert-OH is 5. The molecule has 0 aliphatic heterocycles. The summed E-state index contributed by atoms with van der Waals surface area (Å²) < 4.78 is 0. The molecule has 6 atom stereocenters. The molecule has 0 aromatic carbocycles. The van der Waals surface area contributed by atoms with Crippen molar-refractivity contribution in [1.82, 2.24) is 0 Å². The molecule has 0 saturated carbocycles. The predicted molar refractivity (Wildman–Crippen MR) is 73.0 cm³/mol. The van der Waals surface area contributed by atoms with Crippen molar-refractivity contribution < 1.29 is 30.5 Å².